The lowest BCUT2D eigenvalue weighted by Crippen LogP contribution is -2.47. The molecular weight excluding hydrogens is 326 g/mol. The van der Waals surface area contributed by atoms with Crippen LogP contribution in [0.4, 0.5) is 4.79 Å². The third-order valence-corrected chi connectivity index (χ3v) is 3.81. The van der Waals surface area contributed by atoms with Gasteiger partial charge in [0.1, 0.15) is 18.1 Å². The van der Waals surface area contributed by atoms with E-state index < -0.39 is 6.10 Å². The Balaban J connectivity index is 1.46. The van der Waals surface area contributed by atoms with Crippen LogP contribution in [0.1, 0.15) is 6.42 Å². The number of aliphatic hydroxyl groups excluding tert-OH is 1. The topological polar surface area (TPSA) is 103 Å². The van der Waals surface area contributed by atoms with Crippen molar-refractivity contribution in [1.29, 1.82) is 0 Å². The second-order valence-electron chi connectivity index (χ2n) is 5.83. The number of carbonyl (C=O) groups excluding carboxylic acids is 1. The number of aliphatic hydroxyl groups is 1. The first-order valence-electron chi connectivity index (χ1n) is 8.56. The number of carbonyl (C=O) groups is 1. The average molecular weight is 353 g/mol. The number of ether oxygens (including phenoxy) is 2. The first-order chi connectivity index (χ1) is 12.1. The van der Waals surface area contributed by atoms with Crippen LogP contribution in [0.25, 0.3) is 0 Å². The highest BCUT2D eigenvalue weighted by Gasteiger charge is 2.15. The fourth-order valence-corrected chi connectivity index (χ4v) is 2.35. The molecule has 2 rings (SSSR count). The van der Waals surface area contributed by atoms with Gasteiger partial charge in [0.25, 0.3) is 0 Å². The van der Waals surface area contributed by atoms with Crippen LogP contribution in [-0.4, -0.2) is 79.8 Å². The van der Waals surface area contributed by atoms with Gasteiger partial charge in [-0.25, -0.2) is 4.79 Å². The van der Waals surface area contributed by atoms with Gasteiger partial charge < -0.3 is 35.2 Å². The molecule has 0 spiro atoms. The molecule has 140 valence electrons. The van der Waals surface area contributed by atoms with Gasteiger partial charge in [-0.3, -0.25) is 0 Å². The molecule has 1 atom stereocenters. The molecule has 8 nitrogen and oxygen atoms in total. The van der Waals surface area contributed by atoms with Crippen LogP contribution in [-0.2, 0) is 4.74 Å². The highest BCUT2D eigenvalue weighted by atomic mass is 16.5. The van der Waals surface area contributed by atoms with E-state index in [1.54, 1.807) is 17.0 Å². The number of hydrogen-bond acceptors (Lipinski definition) is 6. The molecule has 1 heterocycles. The minimum atomic E-state index is -0.579. The second-order valence-corrected chi connectivity index (χ2v) is 5.83. The normalized spacial score (nSPS) is 15.6. The van der Waals surface area contributed by atoms with Crippen molar-refractivity contribution in [3.63, 3.8) is 0 Å². The maximum absolute atomic E-state index is 11.8. The van der Waals surface area contributed by atoms with Crippen molar-refractivity contribution in [2.75, 3.05) is 52.5 Å². The summed E-state index contributed by atoms with van der Waals surface area (Å²) in [5, 5.41) is 25.1. The quantitative estimate of drug-likeness (QED) is 0.472. The fraction of sp³-hybridized carbons (Fsp3) is 0.588. The minimum Gasteiger partial charge on any atom is -0.508 e. The third kappa shape index (κ3) is 7.59. The van der Waals surface area contributed by atoms with Gasteiger partial charge in [0.2, 0.25) is 0 Å². The zero-order valence-corrected chi connectivity index (χ0v) is 14.3. The molecule has 1 aliphatic rings. The molecule has 1 aromatic carbocycles. The number of benzene rings is 1. The van der Waals surface area contributed by atoms with Crippen molar-refractivity contribution in [3.8, 4) is 11.5 Å². The molecule has 4 N–H and O–H groups in total. The van der Waals surface area contributed by atoms with E-state index in [1.165, 1.54) is 12.1 Å². The number of phenols is 1. The number of amides is 2. The van der Waals surface area contributed by atoms with Gasteiger partial charge in [-0.05, 0) is 37.2 Å². The van der Waals surface area contributed by atoms with Crippen molar-refractivity contribution in [2.45, 2.75) is 12.5 Å². The molecule has 0 bridgehead atoms. The van der Waals surface area contributed by atoms with Crippen molar-refractivity contribution in [3.05, 3.63) is 24.3 Å². The first-order valence-corrected chi connectivity index (χ1v) is 8.56. The number of rotatable bonds is 9. The number of morpholine rings is 1. The third-order valence-electron chi connectivity index (χ3n) is 3.81. The van der Waals surface area contributed by atoms with Crippen LogP contribution in [0, 0.1) is 0 Å². The Morgan fingerprint density at radius 3 is 2.64 bits per heavy atom. The maximum Gasteiger partial charge on any atom is 0.317 e. The predicted octanol–water partition coefficient (Wildman–Crippen LogP) is 0.153. The van der Waals surface area contributed by atoms with E-state index in [-0.39, 0.29) is 18.4 Å². The van der Waals surface area contributed by atoms with Gasteiger partial charge in [-0.2, -0.15) is 0 Å². The van der Waals surface area contributed by atoms with Crippen LogP contribution in [0.5, 0.6) is 11.5 Å². The summed E-state index contributed by atoms with van der Waals surface area (Å²) < 4.78 is 10.6. The summed E-state index contributed by atoms with van der Waals surface area (Å²) in [7, 11) is 0. The summed E-state index contributed by atoms with van der Waals surface area (Å²) in [6.45, 7) is 4.45. The van der Waals surface area contributed by atoms with Gasteiger partial charge in [-0.1, -0.05) is 0 Å². The van der Waals surface area contributed by atoms with Crippen molar-refractivity contribution in [1.82, 2.24) is 15.5 Å². The number of phenolic OH excluding ortho intramolecular Hbond substituents is 1. The van der Waals surface area contributed by atoms with Crippen LogP contribution < -0.4 is 15.4 Å². The van der Waals surface area contributed by atoms with E-state index in [2.05, 4.69) is 10.6 Å². The van der Waals surface area contributed by atoms with Crippen molar-refractivity contribution < 1.29 is 24.5 Å². The summed E-state index contributed by atoms with van der Waals surface area (Å²) in [5.74, 6) is 0.786. The van der Waals surface area contributed by atoms with Crippen LogP contribution in [0.2, 0.25) is 0 Å². The maximum atomic E-state index is 11.8. The first kappa shape index (κ1) is 19.3. The molecule has 1 aliphatic heterocycles. The fourth-order valence-electron chi connectivity index (χ4n) is 2.35. The van der Waals surface area contributed by atoms with Crippen LogP contribution in [0.15, 0.2) is 24.3 Å². The average Bonchev–Trinajstić information content (AvgIpc) is 2.64. The summed E-state index contributed by atoms with van der Waals surface area (Å²) in [6.07, 6.45) is -0.0283. The number of nitrogens with one attached hydrogen (secondary N) is 2. The van der Waals surface area contributed by atoms with E-state index in [0.29, 0.717) is 58.1 Å². The van der Waals surface area contributed by atoms with Gasteiger partial charge in [0.05, 0.1) is 19.3 Å². The van der Waals surface area contributed by atoms with Gasteiger partial charge in [0, 0.05) is 26.2 Å². The number of aromatic hydroxyl groups is 1. The van der Waals surface area contributed by atoms with E-state index in [1.807, 2.05) is 0 Å². The Morgan fingerprint density at radius 2 is 1.92 bits per heavy atom. The molecule has 0 saturated carbocycles. The molecule has 0 aromatic heterocycles. The Bertz CT molecular complexity index is 506. The predicted molar refractivity (Wildman–Crippen MR) is 92.9 cm³/mol. The molecule has 1 aromatic rings. The number of nitrogens with zero attached hydrogens (tertiary/aromatic N) is 1. The Morgan fingerprint density at radius 1 is 1.20 bits per heavy atom. The Kier molecular flexibility index (Phi) is 8.30. The van der Waals surface area contributed by atoms with E-state index >= 15 is 0 Å². The Hall–Kier alpha value is -2.03. The van der Waals surface area contributed by atoms with Gasteiger partial charge >= 0.3 is 6.03 Å². The van der Waals surface area contributed by atoms with Crippen LogP contribution >= 0.6 is 0 Å². The molecule has 8 heteroatoms. The molecule has 0 radical (unpaired) electrons. The molecule has 1 saturated heterocycles. The lowest BCUT2D eigenvalue weighted by atomic mass is 10.2. The molecule has 1 fully saturated rings. The SMILES string of the molecule is O=C(NCCNCCC(O)COc1ccc(O)cc1)N1CCOCC1. The smallest absolute Gasteiger partial charge is 0.317 e. The van der Waals surface area contributed by atoms with Crippen molar-refractivity contribution in [2.24, 2.45) is 0 Å². The van der Waals surface area contributed by atoms with E-state index in [0.717, 1.165) is 0 Å². The highest BCUT2D eigenvalue weighted by Crippen LogP contribution is 2.16. The van der Waals surface area contributed by atoms with Gasteiger partial charge in [0.15, 0.2) is 0 Å². The minimum absolute atomic E-state index is 0.0626. The monoisotopic (exact) mass is 353 g/mol. The van der Waals surface area contributed by atoms with Gasteiger partial charge in [-0.15, -0.1) is 0 Å². The number of hydrogen-bond donors (Lipinski definition) is 4. The molecule has 1 unspecified atom stereocenters. The highest BCUT2D eigenvalue weighted by molar-refractivity contribution is 5.74. The lowest BCUT2D eigenvalue weighted by molar-refractivity contribution is 0.0532. The van der Waals surface area contributed by atoms with E-state index in [4.69, 9.17) is 9.47 Å². The summed E-state index contributed by atoms with van der Waals surface area (Å²) in [6, 6.07) is 6.31. The lowest BCUT2D eigenvalue weighted by Gasteiger charge is -2.26. The molecule has 25 heavy (non-hydrogen) atoms. The zero-order chi connectivity index (χ0) is 17.9. The standard InChI is InChI=1S/C17H27N3O5/c21-14-1-3-16(4-2-14)25-13-15(22)5-6-18-7-8-19-17(23)20-9-11-24-12-10-20/h1-4,15,18,21-22H,5-13H2,(H,19,23). The second kappa shape index (κ2) is 10.8. The molecule has 0 aliphatic carbocycles. The molecular formula is C17H27N3O5. The van der Waals surface area contributed by atoms with E-state index in [9.17, 15) is 15.0 Å². The summed E-state index contributed by atoms with van der Waals surface area (Å²) >= 11 is 0. The molecule has 2 amide bonds. The summed E-state index contributed by atoms with van der Waals surface area (Å²) in [4.78, 5) is 13.6. The zero-order valence-electron chi connectivity index (χ0n) is 14.3. The summed E-state index contributed by atoms with van der Waals surface area (Å²) in [5.41, 5.74) is 0. The Labute approximate surface area is 147 Å². The van der Waals surface area contributed by atoms with Crippen LogP contribution in [0.3, 0.4) is 0 Å². The number of urea groups is 1. The largest absolute Gasteiger partial charge is 0.508 e. The van der Waals surface area contributed by atoms with Crippen molar-refractivity contribution >= 4 is 6.03 Å².